The van der Waals surface area contributed by atoms with E-state index in [1.165, 1.54) is 12.8 Å². The van der Waals surface area contributed by atoms with Crippen molar-refractivity contribution in [3.05, 3.63) is 0 Å². The zero-order chi connectivity index (χ0) is 11.2. The van der Waals surface area contributed by atoms with Crippen molar-refractivity contribution in [2.45, 2.75) is 53.0 Å². The topological polar surface area (TPSA) is 35.2 Å². The van der Waals surface area contributed by atoms with E-state index in [0.717, 1.165) is 13.2 Å². The van der Waals surface area contributed by atoms with Gasteiger partial charge in [-0.1, -0.05) is 27.7 Å². The molecule has 0 saturated carbocycles. The Morgan fingerprint density at radius 1 is 1.00 bits per heavy atom. The van der Waals surface area contributed by atoms with E-state index >= 15 is 0 Å². The molecule has 1 fully saturated rings. The summed E-state index contributed by atoms with van der Waals surface area (Å²) in [5, 5.41) is 0. The first kappa shape index (κ1) is 13.9. The zero-order valence-corrected chi connectivity index (χ0v) is 10.5. The highest BCUT2D eigenvalue weighted by Crippen LogP contribution is 2.21. The Kier molecular flexibility index (Phi) is 6.38. The Balaban J connectivity index is 0.000000280. The minimum Gasteiger partial charge on any atom is -0.381 e. The summed E-state index contributed by atoms with van der Waals surface area (Å²) in [4.78, 5) is 0. The quantitative estimate of drug-likeness (QED) is 0.745. The first-order chi connectivity index (χ1) is 6.39. The fraction of sp³-hybridized carbons (Fsp3) is 1.00. The van der Waals surface area contributed by atoms with Gasteiger partial charge < -0.3 is 10.5 Å². The summed E-state index contributed by atoms with van der Waals surface area (Å²) < 4.78 is 4.94. The van der Waals surface area contributed by atoms with Crippen LogP contribution in [0.3, 0.4) is 0 Å². The molecule has 0 atom stereocenters. The van der Waals surface area contributed by atoms with Crippen LogP contribution in [-0.2, 0) is 4.74 Å². The second-order valence-electron chi connectivity index (χ2n) is 4.99. The molecule has 86 valence electrons. The van der Waals surface area contributed by atoms with Gasteiger partial charge in [0.15, 0.2) is 0 Å². The third kappa shape index (κ3) is 4.97. The number of rotatable bonds is 2. The van der Waals surface area contributed by atoms with Crippen LogP contribution in [0.2, 0.25) is 0 Å². The van der Waals surface area contributed by atoms with Crippen molar-refractivity contribution in [1.29, 1.82) is 0 Å². The molecule has 14 heavy (non-hydrogen) atoms. The molecule has 0 aromatic carbocycles. The summed E-state index contributed by atoms with van der Waals surface area (Å²) in [7, 11) is 0. The normalized spacial score (nSPS) is 17.1. The van der Waals surface area contributed by atoms with Gasteiger partial charge >= 0.3 is 0 Å². The monoisotopic (exact) mass is 201 g/mol. The standard InChI is InChI=1S/C8H19N.C4H8O/c1-6(2)8(5,9)7(3)4;1-2-4-5-3-1/h6-7H,9H2,1-5H3;1-4H2. The van der Waals surface area contributed by atoms with Gasteiger partial charge in [-0.3, -0.25) is 0 Å². The van der Waals surface area contributed by atoms with Crippen LogP contribution in [-0.4, -0.2) is 18.8 Å². The molecule has 2 nitrogen and oxygen atoms in total. The van der Waals surface area contributed by atoms with Crippen molar-refractivity contribution in [2.75, 3.05) is 13.2 Å². The highest BCUT2D eigenvalue weighted by Gasteiger charge is 2.26. The SMILES string of the molecule is C1CCOC1.CC(C)C(C)(N)C(C)C. The predicted molar refractivity (Wildman–Crippen MR) is 62.3 cm³/mol. The lowest BCUT2D eigenvalue weighted by Crippen LogP contribution is -2.46. The highest BCUT2D eigenvalue weighted by atomic mass is 16.5. The van der Waals surface area contributed by atoms with Gasteiger partial charge in [0.05, 0.1) is 0 Å². The molecule has 1 aliphatic rings. The third-order valence-corrected chi connectivity index (χ3v) is 3.32. The molecule has 0 radical (unpaired) electrons. The molecule has 0 unspecified atom stereocenters. The summed E-state index contributed by atoms with van der Waals surface area (Å²) in [6, 6.07) is 0. The molecule has 0 amide bonds. The van der Waals surface area contributed by atoms with Gasteiger partial charge in [0.25, 0.3) is 0 Å². The molecular formula is C12H27NO. The Hall–Kier alpha value is -0.0800. The molecule has 1 rings (SSSR count). The maximum Gasteiger partial charge on any atom is 0.0466 e. The van der Waals surface area contributed by atoms with Crippen molar-refractivity contribution >= 4 is 0 Å². The lowest BCUT2D eigenvalue weighted by Gasteiger charge is -2.33. The largest absolute Gasteiger partial charge is 0.381 e. The second-order valence-corrected chi connectivity index (χ2v) is 4.99. The fourth-order valence-electron chi connectivity index (χ4n) is 1.18. The molecule has 0 aromatic rings. The Morgan fingerprint density at radius 3 is 1.43 bits per heavy atom. The van der Waals surface area contributed by atoms with Crippen LogP contribution in [0.1, 0.15) is 47.5 Å². The highest BCUT2D eigenvalue weighted by molar-refractivity contribution is 4.84. The number of hydrogen-bond donors (Lipinski definition) is 1. The Morgan fingerprint density at radius 2 is 1.36 bits per heavy atom. The molecule has 1 aliphatic heterocycles. The number of hydrogen-bond acceptors (Lipinski definition) is 2. The van der Waals surface area contributed by atoms with Gasteiger partial charge in [0.1, 0.15) is 0 Å². The van der Waals surface area contributed by atoms with Crippen LogP contribution in [0.15, 0.2) is 0 Å². The minimum absolute atomic E-state index is 0.000000000000000222. The van der Waals surface area contributed by atoms with Crippen LogP contribution in [0, 0.1) is 11.8 Å². The van der Waals surface area contributed by atoms with Crippen molar-refractivity contribution in [3.63, 3.8) is 0 Å². The second kappa shape index (κ2) is 6.41. The lowest BCUT2D eigenvalue weighted by atomic mass is 9.80. The molecule has 1 saturated heterocycles. The van der Waals surface area contributed by atoms with Gasteiger partial charge in [0.2, 0.25) is 0 Å². The van der Waals surface area contributed by atoms with Crippen LogP contribution < -0.4 is 5.73 Å². The van der Waals surface area contributed by atoms with E-state index in [4.69, 9.17) is 10.5 Å². The molecular weight excluding hydrogens is 174 g/mol. The average Bonchev–Trinajstić information content (AvgIpc) is 2.60. The van der Waals surface area contributed by atoms with Crippen molar-refractivity contribution in [3.8, 4) is 0 Å². The summed E-state index contributed by atoms with van der Waals surface area (Å²) in [6.07, 6.45) is 2.56. The first-order valence-electron chi connectivity index (χ1n) is 5.75. The van der Waals surface area contributed by atoms with Crippen LogP contribution in [0.5, 0.6) is 0 Å². The molecule has 2 heteroatoms. The van der Waals surface area contributed by atoms with Crippen LogP contribution in [0.25, 0.3) is 0 Å². The number of nitrogens with two attached hydrogens (primary N) is 1. The van der Waals surface area contributed by atoms with Gasteiger partial charge in [0, 0.05) is 18.8 Å². The minimum atomic E-state index is 0.000000000000000222. The molecule has 2 N–H and O–H groups in total. The summed E-state index contributed by atoms with van der Waals surface area (Å²) in [5.41, 5.74) is 6.00. The molecule has 0 bridgehead atoms. The predicted octanol–water partition coefficient (Wildman–Crippen LogP) is 2.81. The van der Waals surface area contributed by atoms with E-state index in [9.17, 15) is 0 Å². The van der Waals surface area contributed by atoms with E-state index in [1.807, 2.05) is 0 Å². The van der Waals surface area contributed by atoms with E-state index < -0.39 is 0 Å². The maximum absolute atomic E-state index is 6.00. The van der Waals surface area contributed by atoms with Crippen molar-refractivity contribution in [1.82, 2.24) is 0 Å². The molecule has 0 aliphatic carbocycles. The van der Waals surface area contributed by atoms with Gasteiger partial charge in [-0.25, -0.2) is 0 Å². The van der Waals surface area contributed by atoms with Crippen LogP contribution >= 0.6 is 0 Å². The summed E-state index contributed by atoms with van der Waals surface area (Å²) in [5.74, 6) is 1.13. The van der Waals surface area contributed by atoms with Gasteiger partial charge in [-0.05, 0) is 31.6 Å². The fourth-order valence-corrected chi connectivity index (χ4v) is 1.18. The number of ether oxygens (including phenoxy) is 1. The van der Waals surface area contributed by atoms with Gasteiger partial charge in [-0.15, -0.1) is 0 Å². The summed E-state index contributed by atoms with van der Waals surface area (Å²) in [6.45, 7) is 12.8. The van der Waals surface area contributed by atoms with Crippen molar-refractivity contribution < 1.29 is 4.74 Å². The lowest BCUT2D eigenvalue weighted by molar-refractivity contribution is 0.198. The maximum atomic E-state index is 6.00. The smallest absolute Gasteiger partial charge is 0.0466 e. The Labute approximate surface area is 89.2 Å². The van der Waals surface area contributed by atoms with E-state index in [0.29, 0.717) is 11.8 Å². The zero-order valence-electron chi connectivity index (χ0n) is 10.5. The van der Waals surface area contributed by atoms with E-state index in [2.05, 4.69) is 34.6 Å². The van der Waals surface area contributed by atoms with Crippen LogP contribution in [0.4, 0.5) is 0 Å². The molecule has 1 heterocycles. The van der Waals surface area contributed by atoms with Gasteiger partial charge in [-0.2, -0.15) is 0 Å². The molecule has 0 aromatic heterocycles. The van der Waals surface area contributed by atoms with Crippen molar-refractivity contribution in [2.24, 2.45) is 17.6 Å². The average molecular weight is 201 g/mol. The Bertz CT molecular complexity index is 120. The molecule has 0 spiro atoms. The van der Waals surface area contributed by atoms with E-state index in [-0.39, 0.29) is 5.54 Å². The van der Waals surface area contributed by atoms with E-state index in [1.54, 1.807) is 0 Å². The summed E-state index contributed by atoms with van der Waals surface area (Å²) >= 11 is 0. The third-order valence-electron chi connectivity index (χ3n) is 3.32. The first-order valence-corrected chi connectivity index (χ1v) is 5.75.